The fraction of sp³-hybridized carbons (Fsp3) is 0.333. The number of rotatable bonds is 4. The lowest BCUT2D eigenvalue weighted by molar-refractivity contribution is -0.130. The Morgan fingerprint density at radius 3 is 2.79 bits per heavy atom. The molecule has 0 aliphatic carbocycles. The first-order valence-electron chi connectivity index (χ1n) is 8.07. The Labute approximate surface area is 141 Å². The van der Waals surface area contributed by atoms with Crippen LogP contribution in [0, 0.1) is 0 Å². The van der Waals surface area contributed by atoms with Gasteiger partial charge in [0, 0.05) is 20.1 Å². The summed E-state index contributed by atoms with van der Waals surface area (Å²) >= 11 is 0. The van der Waals surface area contributed by atoms with Gasteiger partial charge in [0.05, 0.1) is 19.4 Å². The largest absolute Gasteiger partial charge is 0.467 e. The van der Waals surface area contributed by atoms with E-state index in [9.17, 15) is 4.79 Å². The van der Waals surface area contributed by atoms with Gasteiger partial charge in [-0.15, -0.1) is 0 Å². The SMILES string of the molecule is CN=C(NCC(=O)N1CCc2ccccc2C1)NCc1ccco1. The van der Waals surface area contributed by atoms with Crippen LogP contribution in [0.2, 0.25) is 0 Å². The van der Waals surface area contributed by atoms with Crippen molar-refractivity contribution in [2.24, 2.45) is 4.99 Å². The molecule has 0 spiro atoms. The predicted octanol–water partition coefficient (Wildman–Crippen LogP) is 1.53. The average Bonchev–Trinajstić information content (AvgIpc) is 3.14. The van der Waals surface area contributed by atoms with Crippen molar-refractivity contribution < 1.29 is 9.21 Å². The number of nitrogens with zero attached hydrogens (tertiary/aromatic N) is 2. The molecule has 0 bridgehead atoms. The number of carbonyl (C=O) groups is 1. The zero-order valence-corrected chi connectivity index (χ0v) is 13.8. The van der Waals surface area contributed by atoms with Crippen LogP contribution in [0.4, 0.5) is 0 Å². The second-order valence-corrected chi connectivity index (χ2v) is 5.69. The van der Waals surface area contributed by atoms with Gasteiger partial charge in [0.15, 0.2) is 5.96 Å². The molecule has 1 aliphatic rings. The highest BCUT2D eigenvalue weighted by atomic mass is 16.3. The Morgan fingerprint density at radius 1 is 1.21 bits per heavy atom. The summed E-state index contributed by atoms with van der Waals surface area (Å²) in [5.41, 5.74) is 2.57. The van der Waals surface area contributed by atoms with E-state index in [0.717, 1.165) is 18.7 Å². The summed E-state index contributed by atoms with van der Waals surface area (Å²) < 4.78 is 5.26. The molecule has 0 fully saturated rings. The molecule has 3 rings (SSSR count). The summed E-state index contributed by atoms with van der Waals surface area (Å²) in [6.45, 7) is 2.18. The number of benzene rings is 1. The van der Waals surface area contributed by atoms with E-state index in [1.54, 1.807) is 13.3 Å². The average molecular weight is 326 g/mol. The third kappa shape index (κ3) is 3.95. The standard InChI is InChI=1S/C18H22N4O2/c1-19-18(20-11-16-7-4-10-24-16)21-12-17(23)22-9-8-14-5-2-3-6-15(14)13-22/h2-7,10H,8-9,11-13H2,1H3,(H2,19,20,21). The van der Waals surface area contributed by atoms with Gasteiger partial charge in [-0.1, -0.05) is 24.3 Å². The Hall–Kier alpha value is -2.76. The van der Waals surface area contributed by atoms with Gasteiger partial charge < -0.3 is 20.0 Å². The maximum absolute atomic E-state index is 12.4. The number of furan rings is 1. The minimum Gasteiger partial charge on any atom is -0.467 e. The molecule has 6 heteroatoms. The maximum atomic E-state index is 12.4. The molecule has 1 amide bonds. The van der Waals surface area contributed by atoms with Gasteiger partial charge in [-0.3, -0.25) is 9.79 Å². The Morgan fingerprint density at radius 2 is 2.04 bits per heavy atom. The third-order valence-electron chi connectivity index (χ3n) is 4.12. The third-order valence-corrected chi connectivity index (χ3v) is 4.12. The van der Waals surface area contributed by atoms with Crippen LogP contribution >= 0.6 is 0 Å². The van der Waals surface area contributed by atoms with E-state index in [0.29, 0.717) is 19.0 Å². The molecule has 1 aromatic heterocycles. The highest BCUT2D eigenvalue weighted by Gasteiger charge is 2.20. The van der Waals surface area contributed by atoms with Crippen LogP contribution in [0.25, 0.3) is 0 Å². The molecule has 2 aromatic rings. The van der Waals surface area contributed by atoms with Gasteiger partial charge in [-0.25, -0.2) is 0 Å². The minimum absolute atomic E-state index is 0.0745. The molecule has 6 nitrogen and oxygen atoms in total. The first kappa shape index (κ1) is 16.1. The van der Waals surface area contributed by atoms with Crippen LogP contribution in [-0.4, -0.2) is 36.9 Å². The number of fused-ring (bicyclic) bond motifs is 1. The fourth-order valence-electron chi connectivity index (χ4n) is 2.78. The summed E-state index contributed by atoms with van der Waals surface area (Å²) in [4.78, 5) is 18.4. The highest BCUT2D eigenvalue weighted by molar-refractivity contribution is 5.86. The second kappa shape index (κ2) is 7.68. The molecule has 0 unspecified atom stereocenters. The zero-order chi connectivity index (χ0) is 16.8. The van der Waals surface area contributed by atoms with Crippen molar-refractivity contribution in [2.45, 2.75) is 19.5 Å². The lowest BCUT2D eigenvalue weighted by Gasteiger charge is -2.29. The molecule has 2 N–H and O–H groups in total. The van der Waals surface area contributed by atoms with E-state index >= 15 is 0 Å². The Balaban J connectivity index is 1.48. The summed E-state index contributed by atoms with van der Waals surface area (Å²) in [5.74, 6) is 1.47. The molecular formula is C18H22N4O2. The van der Waals surface area contributed by atoms with Gasteiger partial charge in [0.1, 0.15) is 5.76 Å². The molecule has 2 heterocycles. The normalized spacial score (nSPS) is 14.2. The van der Waals surface area contributed by atoms with Crippen molar-refractivity contribution >= 4 is 11.9 Å². The van der Waals surface area contributed by atoms with E-state index in [1.807, 2.05) is 29.2 Å². The summed E-state index contributed by atoms with van der Waals surface area (Å²) in [6.07, 6.45) is 2.54. The van der Waals surface area contributed by atoms with Crippen LogP contribution in [0.3, 0.4) is 0 Å². The van der Waals surface area contributed by atoms with Gasteiger partial charge in [0.2, 0.25) is 5.91 Å². The molecule has 1 aromatic carbocycles. The van der Waals surface area contributed by atoms with Gasteiger partial charge in [-0.2, -0.15) is 0 Å². The van der Waals surface area contributed by atoms with Crippen LogP contribution in [0.15, 0.2) is 52.1 Å². The van der Waals surface area contributed by atoms with Crippen LogP contribution in [0.5, 0.6) is 0 Å². The number of hydrogen-bond donors (Lipinski definition) is 2. The molecule has 24 heavy (non-hydrogen) atoms. The van der Waals surface area contributed by atoms with Crippen LogP contribution in [0.1, 0.15) is 16.9 Å². The topological polar surface area (TPSA) is 69.9 Å². The van der Waals surface area contributed by atoms with Crippen molar-refractivity contribution in [2.75, 3.05) is 20.1 Å². The van der Waals surface area contributed by atoms with Crippen molar-refractivity contribution in [3.8, 4) is 0 Å². The maximum Gasteiger partial charge on any atom is 0.242 e. The van der Waals surface area contributed by atoms with Crippen molar-refractivity contribution in [1.29, 1.82) is 0 Å². The molecule has 1 aliphatic heterocycles. The number of guanidine groups is 1. The molecule has 0 saturated heterocycles. The molecule has 0 radical (unpaired) electrons. The summed E-state index contributed by atoms with van der Waals surface area (Å²) in [6, 6.07) is 12.0. The van der Waals surface area contributed by atoms with Crippen molar-refractivity contribution in [1.82, 2.24) is 15.5 Å². The fourth-order valence-corrected chi connectivity index (χ4v) is 2.78. The molecule has 126 valence electrons. The smallest absolute Gasteiger partial charge is 0.242 e. The van der Waals surface area contributed by atoms with E-state index < -0.39 is 0 Å². The quantitative estimate of drug-likeness (QED) is 0.660. The van der Waals surface area contributed by atoms with E-state index in [4.69, 9.17) is 4.42 Å². The lowest BCUT2D eigenvalue weighted by Crippen LogP contribution is -2.45. The number of nitrogens with one attached hydrogen (secondary N) is 2. The van der Waals surface area contributed by atoms with Crippen LogP contribution < -0.4 is 10.6 Å². The lowest BCUT2D eigenvalue weighted by atomic mass is 10.00. The molecular weight excluding hydrogens is 304 g/mol. The Bertz CT molecular complexity index is 710. The van der Waals surface area contributed by atoms with Crippen molar-refractivity contribution in [3.63, 3.8) is 0 Å². The van der Waals surface area contributed by atoms with E-state index in [2.05, 4.69) is 27.8 Å². The molecule has 0 saturated carbocycles. The highest BCUT2D eigenvalue weighted by Crippen LogP contribution is 2.18. The summed E-state index contributed by atoms with van der Waals surface area (Å²) in [5, 5.41) is 6.18. The van der Waals surface area contributed by atoms with Crippen LogP contribution in [-0.2, 0) is 24.3 Å². The number of carbonyl (C=O) groups excluding carboxylic acids is 1. The zero-order valence-electron chi connectivity index (χ0n) is 13.8. The van der Waals surface area contributed by atoms with Gasteiger partial charge >= 0.3 is 0 Å². The summed E-state index contributed by atoms with van der Waals surface area (Å²) in [7, 11) is 1.68. The Kier molecular flexibility index (Phi) is 5.15. The van der Waals surface area contributed by atoms with Gasteiger partial charge in [0.25, 0.3) is 0 Å². The van der Waals surface area contributed by atoms with E-state index in [1.165, 1.54) is 11.1 Å². The first-order chi connectivity index (χ1) is 11.8. The number of aliphatic imine (C=N–C) groups is 1. The van der Waals surface area contributed by atoms with Crippen molar-refractivity contribution in [3.05, 3.63) is 59.5 Å². The van der Waals surface area contributed by atoms with Gasteiger partial charge in [-0.05, 0) is 29.7 Å². The molecule has 0 atom stereocenters. The monoisotopic (exact) mass is 326 g/mol. The number of amides is 1. The second-order valence-electron chi connectivity index (χ2n) is 5.69. The predicted molar refractivity (Wildman–Crippen MR) is 92.5 cm³/mol. The van der Waals surface area contributed by atoms with E-state index in [-0.39, 0.29) is 12.5 Å². The number of hydrogen-bond acceptors (Lipinski definition) is 3. The minimum atomic E-state index is 0.0745. The first-order valence-corrected chi connectivity index (χ1v) is 8.07.